The molecule has 122 valence electrons. The fraction of sp³-hybridized carbons (Fsp3) is 0.176. The minimum Gasteiger partial charge on any atom is -0.350 e. The molecule has 0 bridgehead atoms. The van der Waals surface area contributed by atoms with Crippen molar-refractivity contribution in [2.24, 2.45) is 0 Å². The molecule has 1 amide bonds. The molecule has 6 nitrogen and oxygen atoms in total. The van der Waals surface area contributed by atoms with Crippen molar-refractivity contribution in [3.63, 3.8) is 0 Å². The Morgan fingerprint density at radius 1 is 1.12 bits per heavy atom. The molecule has 0 aliphatic heterocycles. The summed E-state index contributed by atoms with van der Waals surface area (Å²) in [6.45, 7) is 3.85. The number of carbonyl (C=O) groups is 1. The smallest absolute Gasteiger partial charge is 0.251 e. The van der Waals surface area contributed by atoms with Gasteiger partial charge in [-0.3, -0.25) is 9.78 Å². The Labute approximate surface area is 144 Å². The van der Waals surface area contributed by atoms with Gasteiger partial charge in [-0.1, -0.05) is 6.07 Å². The van der Waals surface area contributed by atoms with Crippen molar-refractivity contribution in [1.29, 1.82) is 0 Å². The molecular formula is C17H17N5OS. The Morgan fingerprint density at radius 2 is 2.00 bits per heavy atom. The largest absolute Gasteiger partial charge is 0.350 e. The van der Waals surface area contributed by atoms with Crippen molar-refractivity contribution >= 4 is 28.2 Å². The van der Waals surface area contributed by atoms with Crippen molar-refractivity contribution in [3.05, 3.63) is 53.7 Å². The van der Waals surface area contributed by atoms with Crippen LogP contribution < -0.4 is 10.6 Å². The van der Waals surface area contributed by atoms with Gasteiger partial charge in [-0.25, -0.2) is 9.97 Å². The maximum atomic E-state index is 12.1. The SMILES string of the molecule is CC(C)NC(=O)c1ccnc(Nc2nc(-c3ccccn3)cs2)c1. The van der Waals surface area contributed by atoms with Gasteiger partial charge < -0.3 is 10.6 Å². The number of hydrogen-bond donors (Lipinski definition) is 2. The second-order valence-corrected chi connectivity index (χ2v) is 6.29. The average Bonchev–Trinajstić information content (AvgIpc) is 3.04. The van der Waals surface area contributed by atoms with Gasteiger partial charge in [-0.2, -0.15) is 0 Å². The molecule has 0 unspecified atom stereocenters. The normalized spacial score (nSPS) is 10.6. The fourth-order valence-electron chi connectivity index (χ4n) is 2.06. The maximum absolute atomic E-state index is 12.1. The summed E-state index contributed by atoms with van der Waals surface area (Å²) in [5, 5.41) is 8.62. The molecule has 7 heteroatoms. The number of pyridine rings is 2. The Bertz CT molecular complexity index is 832. The van der Waals surface area contributed by atoms with E-state index in [9.17, 15) is 4.79 Å². The van der Waals surface area contributed by atoms with E-state index >= 15 is 0 Å². The molecule has 3 rings (SSSR count). The van der Waals surface area contributed by atoms with Crippen molar-refractivity contribution in [3.8, 4) is 11.4 Å². The van der Waals surface area contributed by atoms with E-state index in [1.807, 2.05) is 37.4 Å². The molecule has 2 N–H and O–H groups in total. The first-order chi connectivity index (χ1) is 11.6. The summed E-state index contributed by atoms with van der Waals surface area (Å²) in [5.41, 5.74) is 2.18. The van der Waals surface area contributed by atoms with Crippen LogP contribution in [0.5, 0.6) is 0 Å². The molecule has 0 aliphatic rings. The highest BCUT2D eigenvalue weighted by molar-refractivity contribution is 7.14. The second-order valence-electron chi connectivity index (χ2n) is 5.44. The maximum Gasteiger partial charge on any atom is 0.251 e. The molecule has 0 saturated carbocycles. The lowest BCUT2D eigenvalue weighted by Gasteiger charge is -2.09. The summed E-state index contributed by atoms with van der Waals surface area (Å²) in [6, 6.07) is 9.18. The lowest BCUT2D eigenvalue weighted by atomic mass is 10.2. The molecule has 24 heavy (non-hydrogen) atoms. The minimum absolute atomic E-state index is 0.0852. The number of anilines is 2. The van der Waals surface area contributed by atoms with Crippen molar-refractivity contribution in [2.45, 2.75) is 19.9 Å². The fourth-order valence-corrected chi connectivity index (χ4v) is 2.77. The Hall–Kier alpha value is -2.80. The van der Waals surface area contributed by atoms with E-state index in [0.29, 0.717) is 16.5 Å². The monoisotopic (exact) mass is 339 g/mol. The van der Waals surface area contributed by atoms with Gasteiger partial charge in [0.1, 0.15) is 11.5 Å². The highest BCUT2D eigenvalue weighted by Crippen LogP contribution is 2.25. The van der Waals surface area contributed by atoms with Gasteiger partial charge in [0.15, 0.2) is 5.13 Å². The van der Waals surface area contributed by atoms with E-state index in [4.69, 9.17) is 0 Å². The Morgan fingerprint density at radius 3 is 2.75 bits per heavy atom. The predicted molar refractivity (Wildman–Crippen MR) is 95.5 cm³/mol. The van der Waals surface area contributed by atoms with E-state index in [2.05, 4.69) is 25.6 Å². The number of nitrogens with one attached hydrogen (secondary N) is 2. The zero-order valence-electron chi connectivity index (χ0n) is 13.4. The average molecular weight is 339 g/mol. The van der Waals surface area contributed by atoms with Gasteiger partial charge in [0, 0.05) is 29.4 Å². The van der Waals surface area contributed by atoms with Crippen LogP contribution in [-0.4, -0.2) is 26.9 Å². The van der Waals surface area contributed by atoms with Crippen LogP contribution in [0.15, 0.2) is 48.1 Å². The number of thiazole rings is 1. The van der Waals surface area contributed by atoms with Crippen LogP contribution in [0.2, 0.25) is 0 Å². The summed E-state index contributed by atoms with van der Waals surface area (Å²) >= 11 is 1.46. The molecule has 0 radical (unpaired) electrons. The van der Waals surface area contributed by atoms with Gasteiger partial charge in [0.25, 0.3) is 5.91 Å². The molecule has 0 fully saturated rings. The molecule has 3 aromatic rings. The topological polar surface area (TPSA) is 79.8 Å². The molecule has 3 aromatic heterocycles. The number of amides is 1. The standard InChI is InChI=1S/C17H17N5OS/c1-11(2)20-16(23)12-6-8-19-15(9-12)22-17-21-14(10-24-17)13-5-3-4-7-18-13/h3-11H,1-2H3,(H,20,23)(H,19,21,22). The van der Waals surface area contributed by atoms with Crippen LogP contribution in [0.3, 0.4) is 0 Å². The lowest BCUT2D eigenvalue weighted by molar-refractivity contribution is 0.0943. The lowest BCUT2D eigenvalue weighted by Crippen LogP contribution is -2.30. The molecule has 0 aromatic carbocycles. The van der Waals surface area contributed by atoms with Crippen LogP contribution in [0.4, 0.5) is 10.9 Å². The number of aromatic nitrogens is 3. The number of hydrogen-bond acceptors (Lipinski definition) is 6. The van der Waals surface area contributed by atoms with Crippen molar-refractivity contribution in [1.82, 2.24) is 20.3 Å². The number of rotatable bonds is 5. The molecule has 3 heterocycles. The predicted octanol–water partition coefficient (Wildman–Crippen LogP) is 3.48. The zero-order chi connectivity index (χ0) is 16.9. The second kappa shape index (κ2) is 7.18. The summed E-state index contributed by atoms with van der Waals surface area (Å²) in [5.74, 6) is 0.456. The van der Waals surface area contributed by atoms with Crippen molar-refractivity contribution < 1.29 is 4.79 Å². The van der Waals surface area contributed by atoms with Crippen LogP contribution in [0.1, 0.15) is 24.2 Å². The van der Waals surface area contributed by atoms with E-state index < -0.39 is 0 Å². The van der Waals surface area contributed by atoms with E-state index in [1.165, 1.54) is 11.3 Å². The van der Waals surface area contributed by atoms with Crippen LogP contribution in [0, 0.1) is 0 Å². The highest BCUT2D eigenvalue weighted by atomic mass is 32.1. The third-order valence-electron chi connectivity index (χ3n) is 3.11. The first-order valence-corrected chi connectivity index (χ1v) is 8.40. The first-order valence-electron chi connectivity index (χ1n) is 7.52. The zero-order valence-corrected chi connectivity index (χ0v) is 14.2. The molecule has 0 atom stereocenters. The first kappa shape index (κ1) is 16.1. The van der Waals surface area contributed by atoms with Gasteiger partial charge in [-0.05, 0) is 38.1 Å². The number of carbonyl (C=O) groups excluding carboxylic acids is 1. The quantitative estimate of drug-likeness (QED) is 0.744. The van der Waals surface area contributed by atoms with Gasteiger partial charge in [-0.15, -0.1) is 11.3 Å². The third-order valence-corrected chi connectivity index (χ3v) is 3.87. The van der Waals surface area contributed by atoms with Gasteiger partial charge in [0.05, 0.1) is 5.69 Å². The molecule has 0 saturated heterocycles. The van der Waals surface area contributed by atoms with Gasteiger partial charge in [0.2, 0.25) is 0 Å². The van der Waals surface area contributed by atoms with E-state index in [-0.39, 0.29) is 11.9 Å². The molecule has 0 spiro atoms. The molecule has 0 aliphatic carbocycles. The van der Waals surface area contributed by atoms with Crippen LogP contribution >= 0.6 is 11.3 Å². The summed E-state index contributed by atoms with van der Waals surface area (Å²) in [7, 11) is 0. The minimum atomic E-state index is -0.122. The van der Waals surface area contributed by atoms with E-state index in [1.54, 1.807) is 24.5 Å². The van der Waals surface area contributed by atoms with E-state index in [0.717, 1.165) is 11.4 Å². The van der Waals surface area contributed by atoms with Crippen LogP contribution in [0.25, 0.3) is 11.4 Å². The third kappa shape index (κ3) is 3.94. The molecular weight excluding hydrogens is 322 g/mol. The summed E-state index contributed by atoms with van der Waals surface area (Å²) in [6.07, 6.45) is 3.34. The summed E-state index contributed by atoms with van der Waals surface area (Å²) in [4.78, 5) is 25.1. The number of nitrogens with zero attached hydrogens (tertiary/aromatic N) is 3. The Kier molecular flexibility index (Phi) is 4.81. The van der Waals surface area contributed by atoms with Crippen molar-refractivity contribution in [2.75, 3.05) is 5.32 Å². The highest BCUT2D eigenvalue weighted by Gasteiger charge is 2.10. The summed E-state index contributed by atoms with van der Waals surface area (Å²) < 4.78 is 0. The van der Waals surface area contributed by atoms with Crippen LogP contribution in [-0.2, 0) is 0 Å². The van der Waals surface area contributed by atoms with Gasteiger partial charge >= 0.3 is 0 Å². The Balaban J connectivity index is 1.75.